The first-order chi connectivity index (χ1) is 7.29. The molecule has 1 aromatic heterocycles. The van der Waals surface area contributed by atoms with Crippen LogP contribution < -0.4 is 5.32 Å². The molecule has 0 spiro atoms. The van der Waals surface area contributed by atoms with Crippen molar-refractivity contribution in [2.24, 2.45) is 0 Å². The summed E-state index contributed by atoms with van der Waals surface area (Å²) < 4.78 is 5.21. The lowest BCUT2D eigenvalue weighted by Gasteiger charge is -2.32. The van der Waals surface area contributed by atoms with Crippen LogP contribution in [0.5, 0.6) is 0 Å². The van der Waals surface area contributed by atoms with Gasteiger partial charge in [0.15, 0.2) is 0 Å². The van der Waals surface area contributed by atoms with Crippen molar-refractivity contribution in [1.82, 2.24) is 15.5 Å². The van der Waals surface area contributed by atoms with Gasteiger partial charge in [0.05, 0.1) is 5.60 Å². The van der Waals surface area contributed by atoms with Crippen molar-refractivity contribution >= 4 is 0 Å². The SMILES string of the molecule is OC1(CNCc2ccn[nH]2)CCOCC1. The third kappa shape index (κ3) is 3.02. The van der Waals surface area contributed by atoms with Crippen LogP contribution in [0.25, 0.3) is 0 Å². The highest BCUT2D eigenvalue weighted by Crippen LogP contribution is 2.19. The number of hydrogen-bond donors (Lipinski definition) is 3. The van der Waals surface area contributed by atoms with Gasteiger partial charge in [0.2, 0.25) is 0 Å². The van der Waals surface area contributed by atoms with Crippen LogP contribution in [0.1, 0.15) is 18.5 Å². The van der Waals surface area contributed by atoms with Crippen LogP contribution in [0.2, 0.25) is 0 Å². The van der Waals surface area contributed by atoms with Gasteiger partial charge in [-0.25, -0.2) is 0 Å². The normalized spacial score (nSPS) is 20.3. The maximum Gasteiger partial charge on any atom is 0.0815 e. The lowest BCUT2D eigenvalue weighted by Crippen LogP contribution is -2.44. The molecule has 1 aliphatic heterocycles. The first-order valence-corrected chi connectivity index (χ1v) is 5.28. The molecule has 0 aliphatic carbocycles. The van der Waals surface area contributed by atoms with Crippen LogP contribution >= 0.6 is 0 Å². The van der Waals surface area contributed by atoms with Crippen molar-refractivity contribution in [3.05, 3.63) is 18.0 Å². The third-order valence-electron chi connectivity index (χ3n) is 2.75. The predicted molar refractivity (Wildman–Crippen MR) is 55.3 cm³/mol. The molecule has 2 rings (SSSR count). The third-order valence-corrected chi connectivity index (χ3v) is 2.75. The van der Waals surface area contributed by atoms with E-state index in [1.54, 1.807) is 6.20 Å². The fourth-order valence-electron chi connectivity index (χ4n) is 1.74. The first kappa shape index (κ1) is 10.6. The van der Waals surface area contributed by atoms with Crippen LogP contribution in [-0.2, 0) is 11.3 Å². The quantitative estimate of drug-likeness (QED) is 0.657. The van der Waals surface area contributed by atoms with Crippen LogP contribution in [0.4, 0.5) is 0 Å². The molecule has 84 valence electrons. The van der Waals surface area contributed by atoms with Crippen LogP contribution in [0, 0.1) is 0 Å². The molecule has 0 aromatic carbocycles. The fraction of sp³-hybridized carbons (Fsp3) is 0.700. The van der Waals surface area contributed by atoms with Crippen LogP contribution in [0.3, 0.4) is 0 Å². The van der Waals surface area contributed by atoms with E-state index >= 15 is 0 Å². The van der Waals surface area contributed by atoms with Gasteiger partial charge >= 0.3 is 0 Å². The van der Waals surface area contributed by atoms with Gasteiger partial charge in [-0.2, -0.15) is 5.10 Å². The minimum Gasteiger partial charge on any atom is -0.388 e. The van der Waals surface area contributed by atoms with E-state index in [1.165, 1.54) is 0 Å². The molecule has 1 saturated heterocycles. The monoisotopic (exact) mass is 211 g/mol. The van der Waals surface area contributed by atoms with Crippen LogP contribution in [0.15, 0.2) is 12.3 Å². The largest absolute Gasteiger partial charge is 0.388 e. The molecule has 15 heavy (non-hydrogen) atoms. The summed E-state index contributed by atoms with van der Waals surface area (Å²) in [6, 6.07) is 1.92. The minimum absolute atomic E-state index is 0.599. The second kappa shape index (κ2) is 4.74. The molecule has 0 radical (unpaired) electrons. The number of aromatic amines is 1. The summed E-state index contributed by atoms with van der Waals surface area (Å²) in [4.78, 5) is 0. The zero-order valence-electron chi connectivity index (χ0n) is 8.70. The maximum absolute atomic E-state index is 10.1. The Morgan fingerprint density at radius 1 is 1.53 bits per heavy atom. The molecule has 5 nitrogen and oxygen atoms in total. The van der Waals surface area contributed by atoms with E-state index in [9.17, 15) is 5.11 Å². The Bertz CT molecular complexity index is 281. The zero-order chi connectivity index (χ0) is 10.6. The Balaban J connectivity index is 1.72. The highest BCUT2D eigenvalue weighted by Gasteiger charge is 2.28. The van der Waals surface area contributed by atoms with E-state index in [2.05, 4.69) is 15.5 Å². The number of hydrogen-bond acceptors (Lipinski definition) is 4. The Morgan fingerprint density at radius 2 is 2.33 bits per heavy atom. The second-order valence-corrected chi connectivity index (χ2v) is 4.02. The second-order valence-electron chi connectivity index (χ2n) is 4.02. The molecule has 0 amide bonds. The highest BCUT2D eigenvalue weighted by atomic mass is 16.5. The van der Waals surface area contributed by atoms with Gasteiger partial charge < -0.3 is 15.2 Å². The fourth-order valence-corrected chi connectivity index (χ4v) is 1.74. The van der Waals surface area contributed by atoms with E-state index in [0.29, 0.717) is 39.1 Å². The van der Waals surface area contributed by atoms with Crippen molar-refractivity contribution in [3.8, 4) is 0 Å². The van der Waals surface area contributed by atoms with Gasteiger partial charge in [-0.05, 0) is 6.07 Å². The van der Waals surface area contributed by atoms with Gasteiger partial charge in [0, 0.05) is 51.0 Å². The van der Waals surface area contributed by atoms with Gasteiger partial charge in [-0.3, -0.25) is 5.10 Å². The average Bonchev–Trinajstić information content (AvgIpc) is 2.71. The molecule has 0 bridgehead atoms. The van der Waals surface area contributed by atoms with E-state index in [1.807, 2.05) is 6.07 Å². The van der Waals surface area contributed by atoms with Crippen molar-refractivity contribution in [1.29, 1.82) is 0 Å². The molecular weight excluding hydrogens is 194 g/mol. The minimum atomic E-state index is -0.599. The summed E-state index contributed by atoms with van der Waals surface area (Å²) in [7, 11) is 0. The van der Waals surface area contributed by atoms with Crippen LogP contribution in [-0.4, -0.2) is 40.7 Å². The number of rotatable bonds is 4. The Labute approximate surface area is 88.8 Å². The molecule has 0 saturated carbocycles. The summed E-state index contributed by atoms with van der Waals surface area (Å²) in [5.41, 5.74) is 0.434. The summed E-state index contributed by atoms with van der Waals surface area (Å²) >= 11 is 0. The molecule has 1 aliphatic rings. The van der Waals surface area contributed by atoms with Crippen molar-refractivity contribution in [3.63, 3.8) is 0 Å². The van der Waals surface area contributed by atoms with E-state index in [-0.39, 0.29) is 0 Å². The molecular formula is C10H17N3O2. The number of nitrogens with zero attached hydrogens (tertiary/aromatic N) is 1. The molecule has 1 aromatic rings. The summed E-state index contributed by atoms with van der Waals surface area (Å²) in [6.07, 6.45) is 3.14. The predicted octanol–water partition coefficient (Wildman–Crippen LogP) is 0.0408. The summed E-state index contributed by atoms with van der Waals surface area (Å²) in [5.74, 6) is 0. The lowest BCUT2D eigenvalue weighted by molar-refractivity contribution is -0.0617. The Kier molecular flexibility index (Phi) is 3.35. The maximum atomic E-state index is 10.1. The molecule has 2 heterocycles. The summed E-state index contributed by atoms with van der Waals surface area (Å²) in [6.45, 7) is 2.63. The average molecular weight is 211 g/mol. The number of nitrogens with one attached hydrogen (secondary N) is 2. The molecule has 5 heteroatoms. The number of H-pyrrole nitrogens is 1. The van der Waals surface area contributed by atoms with E-state index < -0.39 is 5.60 Å². The molecule has 0 unspecified atom stereocenters. The molecule has 3 N–H and O–H groups in total. The van der Waals surface area contributed by atoms with Gasteiger partial charge in [0.25, 0.3) is 0 Å². The van der Waals surface area contributed by atoms with E-state index in [4.69, 9.17) is 4.74 Å². The summed E-state index contributed by atoms with van der Waals surface area (Å²) in [5, 5.41) is 20.1. The Hall–Kier alpha value is -0.910. The number of ether oxygens (including phenoxy) is 1. The number of aliphatic hydroxyl groups is 1. The van der Waals surface area contributed by atoms with Crippen molar-refractivity contribution in [2.75, 3.05) is 19.8 Å². The standard InChI is InChI=1S/C10H17N3O2/c14-10(2-5-15-6-3-10)8-11-7-9-1-4-12-13-9/h1,4,11,14H,2-3,5-8H2,(H,12,13). The smallest absolute Gasteiger partial charge is 0.0815 e. The van der Waals surface area contributed by atoms with Crippen molar-refractivity contribution < 1.29 is 9.84 Å². The lowest BCUT2D eigenvalue weighted by atomic mass is 9.94. The number of aromatic nitrogens is 2. The molecule has 1 fully saturated rings. The highest BCUT2D eigenvalue weighted by molar-refractivity contribution is 4.97. The van der Waals surface area contributed by atoms with E-state index in [0.717, 1.165) is 5.69 Å². The zero-order valence-corrected chi connectivity index (χ0v) is 8.70. The van der Waals surface area contributed by atoms with Crippen molar-refractivity contribution in [2.45, 2.75) is 25.0 Å². The van der Waals surface area contributed by atoms with Gasteiger partial charge in [0.1, 0.15) is 0 Å². The topological polar surface area (TPSA) is 70.2 Å². The van der Waals surface area contributed by atoms with Gasteiger partial charge in [-0.15, -0.1) is 0 Å². The molecule has 0 atom stereocenters. The first-order valence-electron chi connectivity index (χ1n) is 5.28. The van der Waals surface area contributed by atoms with Gasteiger partial charge in [-0.1, -0.05) is 0 Å². The Morgan fingerprint density at radius 3 is 3.00 bits per heavy atom.